The fourth-order valence-corrected chi connectivity index (χ4v) is 3.42. The summed E-state index contributed by atoms with van der Waals surface area (Å²) < 4.78 is 16.2. The van der Waals surface area contributed by atoms with E-state index in [0.717, 1.165) is 11.3 Å². The van der Waals surface area contributed by atoms with Crippen LogP contribution >= 0.6 is 7.60 Å². The second-order valence-corrected chi connectivity index (χ2v) is 6.51. The van der Waals surface area contributed by atoms with Gasteiger partial charge in [0.2, 0.25) is 0 Å². The maximum Gasteiger partial charge on any atom is 0.328 e. The minimum absolute atomic E-state index is 0.262. The molecule has 0 saturated carbocycles. The maximum atomic E-state index is 11.8. The molecule has 6 nitrogen and oxygen atoms in total. The number of nitrogens with one attached hydrogen (secondary N) is 1. The first-order valence-corrected chi connectivity index (χ1v) is 8.27. The molecule has 1 heterocycles. The predicted octanol–water partition coefficient (Wildman–Crippen LogP) is 1.70. The first kappa shape index (κ1) is 15.0. The second-order valence-electron chi connectivity index (χ2n) is 4.82. The van der Waals surface area contributed by atoms with E-state index in [1.807, 2.05) is 18.2 Å². The van der Waals surface area contributed by atoms with Gasteiger partial charge in [-0.2, -0.15) is 0 Å². The van der Waals surface area contributed by atoms with Crippen molar-refractivity contribution < 1.29 is 23.9 Å². The number of benzene rings is 1. The Balaban J connectivity index is 2.26. The van der Waals surface area contributed by atoms with Crippen molar-refractivity contribution >= 4 is 19.3 Å². The van der Waals surface area contributed by atoms with Crippen LogP contribution in [-0.2, 0) is 14.1 Å². The molecule has 0 saturated heterocycles. The third kappa shape index (κ3) is 3.60. The summed E-state index contributed by atoms with van der Waals surface area (Å²) >= 11 is 0. The van der Waals surface area contributed by atoms with Crippen LogP contribution in [0.4, 0.5) is 5.69 Å². The smallest absolute Gasteiger partial charge is 0.328 e. The normalized spacial score (nSPS) is 21.8. The monoisotopic (exact) mass is 299 g/mol. The topological polar surface area (TPSA) is 95.9 Å². The van der Waals surface area contributed by atoms with Crippen molar-refractivity contribution in [3.05, 3.63) is 29.8 Å². The van der Waals surface area contributed by atoms with Gasteiger partial charge in [-0.1, -0.05) is 18.2 Å². The Labute approximate surface area is 117 Å². The van der Waals surface area contributed by atoms with E-state index >= 15 is 0 Å². The van der Waals surface area contributed by atoms with Crippen LogP contribution in [0, 0.1) is 0 Å². The molecule has 2 atom stereocenters. The van der Waals surface area contributed by atoms with Crippen LogP contribution in [0.3, 0.4) is 0 Å². The van der Waals surface area contributed by atoms with Crippen LogP contribution < -0.4 is 5.32 Å². The van der Waals surface area contributed by atoms with Gasteiger partial charge in [0.15, 0.2) is 0 Å². The zero-order chi connectivity index (χ0) is 14.8. The van der Waals surface area contributed by atoms with Gasteiger partial charge in [0.05, 0.1) is 12.8 Å². The molecule has 0 bridgehead atoms. The molecule has 1 aliphatic heterocycles. The van der Waals surface area contributed by atoms with Crippen LogP contribution in [0.1, 0.15) is 24.8 Å². The zero-order valence-electron chi connectivity index (χ0n) is 11.2. The summed E-state index contributed by atoms with van der Waals surface area (Å²) in [4.78, 5) is 30.2. The van der Waals surface area contributed by atoms with E-state index in [4.69, 9.17) is 4.74 Å². The van der Waals surface area contributed by atoms with Gasteiger partial charge in [0.1, 0.15) is 6.04 Å². The minimum Gasteiger partial charge on any atom is -0.464 e. The van der Waals surface area contributed by atoms with Gasteiger partial charge in [0, 0.05) is 5.69 Å². The molecule has 1 aliphatic rings. The van der Waals surface area contributed by atoms with E-state index in [0.29, 0.717) is 6.42 Å². The molecule has 20 heavy (non-hydrogen) atoms. The minimum atomic E-state index is -4.14. The molecule has 0 aliphatic carbocycles. The lowest BCUT2D eigenvalue weighted by molar-refractivity contribution is -0.144. The average molecular weight is 299 g/mol. The third-order valence-electron chi connectivity index (χ3n) is 3.28. The molecule has 0 fully saturated rings. The van der Waals surface area contributed by atoms with Crippen LogP contribution in [0.15, 0.2) is 24.3 Å². The Morgan fingerprint density at radius 1 is 1.45 bits per heavy atom. The number of rotatable bonds is 4. The Morgan fingerprint density at radius 2 is 2.15 bits per heavy atom. The van der Waals surface area contributed by atoms with Crippen molar-refractivity contribution in [2.75, 3.05) is 18.1 Å². The third-order valence-corrected chi connectivity index (χ3v) is 4.20. The largest absolute Gasteiger partial charge is 0.464 e. The zero-order valence-corrected chi connectivity index (χ0v) is 12.0. The lowest BCUT2D eigenvalue weighted by atomic mass is 9.88. The molecule has 0 unspecified atom stereocenters. The number of hydrogen-bond acceptors (Lipinski definition) is 4. The van der Waals surface area contributed by atoms with Gasteiger partial charge in [-0.25, -0.2) is 4.79 Å². The Hall–Kier alpha value is -1.36. The van der Waals surface area contributed by atoms with Gasteiger partial charge >= 0.3 is 13.6 Å². The highest BCUT2D eigenvalue weighted by molar-refractivity contribution is 7.51. The Morgan fingerprint density at radius 3 is 2.80 bits per heavy atom. The first-order chi connectivity index (χ1) is 9.40. The van der Waals surface area contributed by atoms with Gasteiger partial charge in [-0.05, 0) is 30.9 Å². The molecular formula is C13H18NO5P. The van der Waals surface area contributed by atoms with Crippen LogP contribution in [0.2, 0.25) is 0 Å². The van der Waals surface area contributed by atoms with E-state index in [2.05, 4.69) is 5.32 Å². The molecule has 7 heteroatoms. The summed E-state index contributed by atoms with van der Waals surface area (Å²) in [5.41, 5.74) is 1.56. The highest BCUT2D eigenvalue weighted by Crippen LogP contribution is 2.45. The van der Waals surface area contributed by atoms with Gasteiger partial charge in [0.25, 0.3) is 0 Å². The molecular weight excluding hydrogens is 281 g/mol. The van der Waals surface area contributed by atoms with Crippen molar-refractivity contribution in [3.63, 3.8) is 0 Å². The van der Waals surface area contributed by atoms with Crippen molar-refractivity contribution in [1.82, 2.24) is 0 Å². The van der Waals surface area contributed by atoms with Gasteiger partial charge < -0.3 is 19.8 Å². The SMILES string of the molecule is CCOC(=O)[C@@H]1C[C@H](CP(=O)(O)O)c2ccccc2N1. The predicted molar refractivity (Wildman–Crippen MR) is 74.8 cm³/mol. The summed E-state index contributed by atoms with van der Waals surface area (Å²) in [6, 6.07) is 6.69. The van der Waals surface area contributed by atoms with Crippen molar-refractivity contribution in [3.8, 4) is 0 Å². The lowest BCUT2D eigenvalue weighted by Crippen LogP contribution is -2.37. The van der Waals surface area contributed by atoms with Gasteiger partial charge in [-0.15, -0.1) is 0 Å². The fraction of sp³-hybridized carbons (Fsp3) is 0.462. The maximum absolute atomic E-state index is 11.8. The first-order valence-electron chi connectivity index (χ1n) is 6.47. The number of fused-ring (bicyclic) bond motifs is 1. The molecule has 0 radical (unpaired) electrons. The van der Waals surface area contributed by atoms with E-state index in [1.165, 1.54) is 0 Å². The van der Waals surface area contributed by atoms with E-state index in [-0.39, 0.29) is 18.7 Å². The highest BCUT2D eigenvalue weighted by Gasteiger charge is 2.34. The number of hydrogen-bond donors (Lipinski definition) is 3. The van der Waals surface area contributed by atoms with Gasteiger partial charge in [-0.3, -0.25) is 4.57 Å². The highest BCUT2D eigenvalue weighted by atomic mass is 31.2. The molecule has 0 spiro atoms. The van der Waals surface area contributed by atoms with Crippen LogP contribution in [0.5, 0.6) is 0 Å². The summed E-state index contributed by atoms with van der Waals surface area (Å²) in [6.45, 7) is 2.00. The number of anilines is 1. The molecule has 110 valence electrons. The number of esters is 1. The molecule has 0 amide bonds. The molecule has 2 rings (SSSR count). The average Bonchev–Trinajstić information content (AvgIpc) is 2.37. The summed E-state index contributed by atoms with van der Waals surface area (Å²) in [6.07, 6.45) is 0.0581. The Kier molecular flexibility index (Phi) is 4.48. The summed E-state index contributed by atoms with van der Waals surface area (Å²) in [5, 5.41) is 3.07. The van der Waals surface area contributed by atoms with Crippen LogP contribution in [-0.4, -0.2) is 34.6 Å². The van der Waals surface area contributed by atoms with E-state index in [9.17, 15) is 19.1 Å². The molecule has 3 N–H and O–H groups in total. The molecule has 0 aromatic heterocycles. The van der Waals surface area contributed by atoms with Crippen molar-refractivity contribution in [2.45, 2.75) is 25.3 Å². The summed E-state index contributed by atoms with van der Waals surface area (Å²) in [5.74, 6) is -0.750. The van der Waals surface area contributed by atoms with Crippen LogP contribution in [0.25, 0.3) is 0 Å². The number of carbonyl (C=O) groups excluding carboxylic acids is 1. The second kappa shape index (κ2) is 5.95. The number of carbonyl (C=O) groups is 1. The standard InChI is InChI=1S/C13H18NO5P/c1-2-19-13(15)12-7-9(8-20(16,17)18)10-5-3-4-6-11(10)14-12/h3-6,9,12,14H,2,7-8H2,1H3,(H2,16,17,18)/t9-,12+/m1/s1. The molecule has 1 aromatic rings. The quantitative estimate of drug-likeness (QED) is 0.578. The fourth-order valence-electron chi connectivity index (χ4n) is 2.50. The lowest BCUT2D eigenvalue weighted by Gasteiger charge is -2.32. The van der Waals surface area contributed by atoms with E-state index < -0.39 is 19.6 Å². The molecule has 1 aromatic carbocycles. The summed E-state index contributed by atoms with van der Waals surface area (Å²) in [7, 11) is -4.14. The number of para-hydroxylation sites is 1. The van der Waals surface area contributed by atoms with E-state index in [1.54, 1.807) is 13.0 Å². The van der Waals surface area contributed by atoms with Crippen molar-refractivity contribution in [1.29, 1.82) is 0 Å². The van der Waals surface area contributed by atoms with Crippen molar-refractivity contribution in [2.24, 2.45) is 0 Å². The number of ether oxygens (including phenoxy) is 1. The Bertz CT molecular complexity index is 541.